The van der Waals surface area contributed by atoms with Gasteiger partial charge in [-0.1, -0.05) is 42.5 Å². The number of hydrogen-bond donors (Lipinski definition) is 3. The Hall–Kier alpha value is -3.87. The maximum Gasteiger partial charge on any atom is 0.335 e. The molecule has 7 heteroatoms. The molecule has 0 unspecified atom stereocenters. The van der Waals surface area contributed by atoms with Crippen molar-refractivity contribution in [3.8, 4) is 0 Å². The van der Waals surface area contributed by atoms with Crippen molar-refractivity contribution in [2.45, 2.75) is 12.8 Å². The van der Waals surface area contributed by atoms with Crippen molar-refractivity contribution in [1.82, 2.24) is 10.2 Å². The highest BCUT2D eigenvalue weighted by Gasteiger charge is 2.15. The second kappa shape index (κ2) is 10.1. The molecule has 0 spiro atoms. The van der Waals surface area contributed by atoms with Gasteiger partial charge in [0.05, 0.1) is 5.56 Å². The zero-order valence-corrected chi connectivity index (χ0v) is 16.4. The molecule has 2 aromatic rings. The summed E-state index contributed by atoms with van der Waals surface area (Å²) in [6, 6.07) is 15.9. The first kappa shape index (κ1) is 20.9. The average Bonchev–Trinajstić information content (AvgIpc) is 2.74. The largest absolute Gasteiger partial charge is 0.478 e. The van der Waals surface area contributed by atoms with Crippen LogP contribution in [0.5, 0.6) is 0 Å². The molecule has 0 bridgehead atoms. The molecule has 2 aromatic carbocycles. The van der Waals surface area contributed by atoms with Crippen molar-refractivity contribution in [1.29, 1.82) is 0 Å². The van der Waals surface area contributed by atoms with Crippen LogP contribution in [-0.2, 0) is 16.0 Å². The lowest BCUT2D eigenvalue weighted by Gasteiger charge is -2.21. The Labute approximate surface area is 174 Å². The van der Waals surface area contributed by atoms with E-state index in [1.807, 2.05) is 24.3 Å². The lowest BCUT2D eigenvalue weighted by Crippen LogP contribution is -2.31. The molecule has 3 rings (SSSR count). The van der Waals surface area contributed by atoms with Gasteiger partial charge in [0.1, 0.15) is 6.54 Å². The molecule has 0 aliphatic carbocycles. The Morgan fingerprint density at radius 2 is 1.73 bits per heavy atom. The van der Waals surface area contributed by atoms with Gasteiger partial charge in [-0.15, -0.1) is 0 Å². The van der Waals surface area contributed by atoms with Crippen molar-refractivity contribution in [2.75, 3.05) is 18.4 Å². The number of carbonyl (C=O) groups is 3. The highest BCUT2D eigenvalue weighted by Crippen LogP contribution is 2.13. The zero-order chi connectivity index (χ0) is 21.3. The van der Waals surface area contributed by atoms with E-state index in [9.17, 15) is 19.5 Å². The summed E-state index contributed by atoms with van der Waals surface area (Å²) in [6.45, 7) is 0.410. The smallest absolute Gasteiger partial charge is 0.335 e. The summed E-state index contributed by atoms with van der Waals surface area (Å²) in [4.78, 5) is 37.6. The third-order valence-corrected chi connectivity index (χ3v) is 4.56. The summed E-state index contributed by atoms with van der Waals surface area (Å²) >= 11 is 0. The average molecular weight is 405 g/mol. The molecule has 0 atom stereocenters. The van der Waals surface area contributed by atoms with Crippen molar-refractivity contribution < 1.29 is 19.5 Å². The number of carboxylic acid groups (broad SMARTS) is 1. The standard InChI is InChI=1S/C23H23N3O4/c27-21(25-19-9-2-1-3-10-19)16-26-14-6-8-18(15-26)22(28)24-13-12-17-7-4-5-11-20(17)23(29)30/h1-7,9-11,14-15H,8,12-13,16H2,(H,24,28)(H,25,27)(H,29,30). The maximum atomic E-state index is 12.5. The Kier molecular flexibility index (Phi) is 7.00. The van der Waals surface area contributed by atoms with Crippen LogP contribution in [0.2, 0.25) is 0 Å². The van der Waals surface area contributed by atoms with Crippen molar-refractivity contribution in [3.05, 3.63) is 89.8 Å². The molecule has 0 fully saturated rings. The zero-order valence-electron chi connectivity index (χ0n) is 16.4. The number of amides is 2. The third kappa shape index (κ3) is 5.81. The van der Waals surface area contributed by atoms with E-state index in [-0.39, 0.29) is 23.9 Å². The quantitative estimate of drug-likeness (QED) is 0.627. The fourth-order valence-electron chi connectivity index (χ4n) is 3.12. The van der Waals surface area contributed by atoms with Crippen LogP contribution in [0.4, 0.5) is 5.69 Å². The summed E-state index contributed by atoms with van der Waals surface area (Å²) in [6.07, 6.45) is 6.13. The number of carbonyl (C=O) groups excluding carboxylic acids is 2. The molecule has 0 radical (unpaired) electrons. The number of nitrogens with zero attached hydrogens (tertiary/aromatic N) is 1. The van der Waals surface area contributed by atoms with Crippen LogP contribution in [0.25, 0.3) is 0 Å². The molecular formula is C23H23N3O4. The predicted octanol–water partition coefficient (Wildman–Crippen LogP) is 2.79. The van der Waals surface area contributed by atoms with Crippen LogP contribution in [0.3, 0.4) is 0 Å². The van der Waals surface area contributed by atoms with Crippen LogP contribution >= 0.6 is 0 Å². The molecule has 3 N–H and O–H groups in total. The lowest BCUT2D eigenvalue weighted by molar-refractivity contribution is -0.118. The van der Waals surface area contributed by atoms with E-state index in [1.54, 1.807) is 53.7 Å². The van der Waals surface area contributed by atoms with Gasteiger partial charge in [0.15, 0.2) is 0 Å². The first-order chi connectivity index (χ1) is 14.5. The summed E-state index contributed by atoms with van der Waals surface area (Å²) in [5, 5.41) is 14.9. The number of carboxylic acids is 1. The normalized spacial score (nSPS) is 12.8. The molecule has 0 saturated heterocycles. The first-order valence-electron chi connectivity index (χ1n) is 9.60. The Balaban J connectivity index is 1.51. The van der Waals surface area contributed by atoms with Gasteiger partial charge in [0.25, 0.3) is 0 Å². The number of rotatable bonds is 8. The lowest BCUT2D eigenvalue weighted by atomic mass is 10.0. The summed E-state index contributed by atoms with van der Waals surface area (Å²) in [5.41, 5.74) is 2.16. The Morgan fingerprint density at radius 3 is 2.50 bits per heavy atom. The van der Waals surface area contributed by atoms with Gasteiger partial charge >= 0.3 is 5.97 Å². The van der Waals surface area contributed by atoms with Crippen molar-refractivity contribution in [2.24, 2.45) is 0 Å². The number of allylic oxidation sites excluding steroid dienone is 1. The predicted molar refractivity (Wildman–Crippen MR) is 114 cm³/mol. The molecule has 1 aliphatic heterocycles. The molecule has 1 heterocycles. The van der Waals surface area contributed by atoms with E-state index in [2.05, 4.69) is 10.6 Å². The molecule has 7 nitrogen and oxygen atoms in total. The molecule has 2 amide bonds. The minimum Gasteiger partial charge on any atom is -0.478 e. The minimum atomic E-state index is -0.985. The van der Waals surface area contributed by atoms with E-state index in [0.717, 1.165) is 0 Å². The van der Waals surface area contributed by atoms with Gasteiger partial charge in [-0.2, -0.15) is 0 Å². The van der Waals surface area contributed by atoms with Gasteiger partial charge in [-0.3, -0.25) is 9.59 Å². The van der Waals surface area contributed by atoms with Gasteiger partial charge in [-0.05, 0) is 36.6 Å². The number of benzene rings is 2. The van der Waals surface area contributed by atoms with E-state index in [0.29, 0.717) is 36.2 Å². The van der Waals surface area contributed by atoms with Crippen LogP contribution in [-0.4, -0.2) is 40.9 Å². The molecule has 1 aliphatic rings. The van der Waals surface area contributed by atoms with Crippen molar-refractivity contribution >= 4 is 23.5 Å². The summed E-state index contributed by atoms with van der Waals surface area (Å²) < 4.78 is 0. The SMILES string of the molecule is O=C(CN1C=CCC(C(=O)NCCc2ccccc2C(=O)O)=C1)Nc1ccccc1. The van der Waals surface area contributed by atoms with Gasteiger partial charge in [-0.25, -0.2) is 4.79 Å². The molecule has 30 heavy (non-hydrogen) atoms. The van der Waals surface area contributed by atoms with E-state index < -0.39 is 5.97 Å². The number of nitrogens with one attached hydrogen (secondary N) is 2. The Morgan fingerprint density at radius 1 is 1.00 bits per heavy atom. The van der Waals surface area contributed by atoms with Crippen molar-refractivity contribution in [3.63, 3.8) is 0 Å². The number of anilines is 1. The Bertz CT molecular complexity index is 983. The summed E-state index contributed by atoms with van der Waals surface area (Å²) in [5.74, 6) is -1.41. The van der Waals surface area contributed by atoms with Gasteiger partial charge in [0, 0.05) is 30.2 Å². The maximum absolute atomic E-state index is 12.5. The second-order valence-corrected chi connectivity index (χ2v) is 6.80. The van der Waals surface area contributed by atoms with E-state index >= 15 is 0 Å². The first-order valence-corrected chi connectivity index (χ1v) is 9.60. The minimum absolute atomic E-state index is 0.0914. The fraction of sp³-hybridized carbons (Fsp3) is 0.174. The molecule has 0 aromatic heterocycles. The van der Waals surface area contributed by atoms with Crippen LogP contribution < -0.4 is 10.6 Å². The second-order valence-electron chi connectivity index (χ2n) is 6.80. The highest BCUT2D eigenvalue weighted by molar-refractivity contribution is 5.95. The molecule has 0 saturated carbocycles. The third-order valence-electron chi connectivity index (χ3n) is 4.56. The van der Waals surface area contributed by atoms with E-state index in [4.69, 9.17) is 0 Å². The highest BCUT2D eigenvalue weighted by atomic mass is 16.4. The molecular weight excluding hydrogens is 382 g/mol. The monoisotopic (exact) mass is 405 g/mol. The van der Waals surface area contributed by atoms with Gasteiger partial charge in [0.2, 0.25) is 11.8 Å². The van der Waals surface area contributed by atoms with Crippen LogP contribution in [0, 0.1) is 0 Å². The van der Waals surface area contributed by atoms with Crippen LogP contribution in [0.1, 0.15) is 22.3 Å². The van der Waals surface area contributed by atoms with E-state index in [1.165, 1.54) is 0 Å². The van der Waals surface area contributed by atoms with Gasteiger partial charge < -0.3 is 20.6 Å². The number of aromatic carboxylic acids is 1. The number of para-hydroxylation sites is 1. The molecule has 154 valence electrons. The topological polar surface area (TPSA) is 98.7 Å². The van der Waals surface area contributed by atoms with Crippen LogP contribution in [0.15, 0.2) is 78.6 Å². The number of hydrogen-bond acceptors (Lipinski definition) is 4. The summed E-state index contributed by atoms with van der Waals surface area (Å²) in [7, 11) is 0. The fourth-order valence-corrected chi connectivity index (χ4v) is 3.12.